The number of amides is 1. The maximum atomic E-state index is 14.3. The number of benzene rings is 3. The Morgan fingerprint density at radius 3 is 2.41 bits per heavy atom. The lowest BCUT2D eigenvalue weighted by molar-refractivity contribution is -0.137. The van der Waals surface area contributed by atoms with Crippen LogP contribution in [0.3, 0.4) is 0 Å². The first-order chi connectivity index (χ1) is 19.5. The molecule has 0 saturated carbocycles. The molecule has 3 aromatic carbocycles. The minimum absolute atomic E-state index is 0.206. The summed E-state index contributed by atoms with van der Waals surface area (Å²) in [6, 6.07) is 19.9. The molecule has 1 amide bonds. The monoisotopic (exact) mass is 565 g/mol. The number of alkyl halides is 3. The number of nitrogens with one attached hydrogen (secondary N) is 1. The quantitative estimate of drug-likeness (QED) is 0.222. The van der Waals surface area contributed by atoms with Gasteiger partial charge in [-0.3, -0.25) is 4.79 Å². The van der Waals surface area contributed by atoms with Crippen LogP contribution < -0.4 is 0 Å². The van der Waals surface area contributed by atoms with E-state index in [1.165, 1.54) is 5.56 Å². The zero-order valence-corrected chi connectivity index (χ0v) is 23.6. The van der Waals surface area contributed by atoms with E-state index in [0.29, 0.717) is 25.5 Å². The van der Waals surface area contributed by atoms with Crippen molar-refractivity contribution in [3.05, 3.63) is 107 Å². The highest BCUT2D eigenvalue weighted by Crippen LogP contribution is 2.41. The van der Waals surface area contributed by atoms with E-state index < -0.39 is 29.5 Å². The molecule has 4 nitrogen and oxygen atoms in total. The van der Waals surface area contributed by atoms with E-state index in [1.54, 1.807) is 4.90 Å². The molecule has 2 heterocycles. The Morgan fingerprint density at radius 1 is 1.02 bits per heavy atom. The van der Waals surface area contributed by atoms with Crippen LogP contribution in [0, 0.1) is 5.82 Å². The van der Waals surface area contributed by atoms with Gasteiger partial charge in [-0.05, 0) is 81.6 Å². The van der Waals surface area contributed by atoms with Gasteiger partial charge in [0.1, 0.15) is 5.82 Å². The molecule has 0 saturated heterocycles. The Hall–Kier alpha value is -3.65. The summed E-state index contributed by atoms with van der Waals surface area (Å²) in [5, 5.41) is 1.09. The van der Waals surface area contributed by atoms with E-state index in [9.17, 15) is 22.4 Å². The highest BCUT2D eigenvalue weighted by molar-refractivity contribution is 5.95. The van der Waals surface area contributed by atoms with Crippen molar-refractivity contribution in [3.8, 4) is 0 Å². The number of likely N-dealkylation sites (N-methyl/N-ethyl adjacent to an activating group) is 1. The lowest BCUT2D eigenvalue weighted by Crippen LogP contribution is -2.47. The Labute approximate surface area is 238 Å². The van der Waals surface area contributed by atoms with E-state index in [2.05, 4.69) is 43.0 Å². The van der Waals surface area contributed by atoms with Gasteiger partial charge in [0.2, 0.25) is 0 Å². The fraction of sp³-hybridized carbons (Fsp3) is 0.364. The molecule has 0 radical (unpaired) electrons. The highest BCUT2D eigenvalue weighted by Gasteiger charge is 2.39. The van der Waals surface area contributed by atoms with Crippen molar-refractivity contribution in [2.24, 2.45) is 0 Å². The van der Waals surface area contributed by atoms with Crippen LogP contribution in [0.15, 0.2) is 72.8 Å². The van der Waals surface area contributed by atoms with Crippen molar-refractivity contribution in [3.63, 3.8) is 0 Å². The fourth-order valence-electron chi connectivity index (χ4n) is 6.37. The summed E-state index contributed by atoms with van der Waals surface area (Å²) < 4.78 is 54.8. The average Bonchev–Trinajstić information content (AvgIpc) is 3.33. The van der Waals surface area contributed by atoms with Crippen LogP contribution >= 0.6 is 0 Å². The number of hydrogen-bond donors (Lipinski definition) is 1. The molecule has 216 valence electrons. The second-order valence-electron chi connectivity index (χ2n) is 11.2. The maximum absolute atomic E-state index is 14.3. The number of rotatable bonds is 8. The first-order valence-electron chi connectivity index (χ1n) is 14.0. The van der Waals surface area contributed by atoms with Gasteiger partial charge in [-0.2, -0.15) is 13.2 Å². The largest absolute Gasteiger partial charge is 0.416 e. The van der Waals surface area contributed by atoms with Gasteiger partial charge in [-0.15, -0.1) is 0 Å². The van der Waals surface area contributed by atoms with Crippen LogP contribution in [0.5, 0.6) is 0 Å². The van der Waals surface area contributed by atoms with Gasteiger partial charge in [-0.1, -0.05) is 55.5 Å². The summed E-state index contributed by atoms with van der Waals surface area (Å²) >= 11 is 0. The predicted octanol–water partition coefficient (Wildman–Crippen LogP) is 7.80. The van der Waals surface area contributed by atoms with E-state index in [1.807, 2.05) is 42.5 Å². The number of aromatic nitrogens is 1. The molecular formula is C33H35F4N3O. The molecule has 1 aromatic heterocycles. The molecule has 0 fully saturated rings. The molecule has 0 aliphatic carbocycles. The van der Waals surface area contributed by atoms with Crippen molar-refractivity contribution < 1.29 is 22.4 Å². The van der Waals surface area contributed by atoms with Gasteiger partial charge in [0.25, 0.3) is 5.91 Å². The minimum Gasteiger partial charge on any atom is -0.356 e. The van der Waals surface area contributed by atoms with Crippen LogP contribution in [0.4, 0.5) is 17.6 Å². The molecule has 8 heteroatoms. The first-order valence-corrected chi connectivity index (χ1v) is 14.0. The molecule has 1 aliphatic heterocycles. The summed E-state index contributed by atoms with van der Waals surface area (Å²) in [6.07, 6.45) is -1.19. The van der Waals surface area contributed by atoms with E-state index in [4.69, 9.17) is 0 Å². The second-order valence-corrected chi connectivity index (χ2v) is 11.2. The second kappa shape index (κ2) is 11.3. The molecular weight excluding hydrogens is 530 g/mol. The van der Waals surface area contributed by atoms with Crippen LogP contribution in [0.25, 0.3) is 10.9 Å². The molecule has 5 rings (SSSR count). The van der Waals surface area contributed by atoms with Gasteiger partial charge >= 0.3 is 6.18 Å². The summed E-state index contributed by atoms with van der Waals surface area (Å²) in [7, 11) is 4.13. The van der Waals surface area contributed by atoms with Gasteiger partial charge in [-0.25, -0.2) is 4.39 Å². The Morgan fingerprint density at radius 2 is 1.73 bits per heavy atom. The molecule has 2 atom stereocenters. The summed E-state index contributed by atoms with van der Waals surface area (Å²) in [6.45, 7) is 2.49. The third-order valence-corrected chi connectivity index (χ3v) is 8.76. The zero-order chi connectivity index (χ0) is 29.4. The van der Waals surface area contributed by atoms with Gasteiger partial charge in [0, 0.05) is 34.2 Å². The molecule has 4 aromatic rings. The number of halogens is 4. The molecule has 41 heavy (non-hydrogen) atoms. The maximum Gasteiger partial charge on any atom is 0.416 e. The summed E-state index contributed by atoms with van der Waals surface area (Å²) in [5.41, 5.74) is 2.54. The van der Waals surface area contributed by atoms with E-state index in [0.717, 1.165) is 53.6 Å². The smallest absolute Gasteiger partial charge is 0.356 e. The predicted molar refractivity (Wildman–Crippen MR) is 153 cm³/mol. The van der Waals surface area contributed by atoms with Crippen LogP contribution in [-0.4, -0.2) is 46.9 Å². The highest BCUT2D eigenvalue weighted by atomic mass is 19.4. The molecule has 0 bridgehead atoms. The summed E-state index contributed by atoms with van der Waals surface area (Å²) in [5.74, 6) is -1.68. The number of hydrogen-bond acceptors (Lipinski definition) is 2. The number of aromatic amines is 1. The van der Waals surface area contributed by atoms with Crippen molar-refractivity contribution in [2.45, 2.75) is 56.8 Å². The minimum atomic E-state index is -4.76. The Bertz CT molecular complexity index is 1530. The van der Waals surface area contributed by atoms with Crippen molar-refractivity contribution >= 4 is 16.8 Å². The Kier molecular flexibility index (Phi) is 7.97. The number of carbonyl (C=O) groups is 1. The van der Waals surface area contributed by atoms with Crippen LogP contribution in [0.2, 0.25) is 0 Å². The van der Waals surface area contributed by atoms with Gasteiger partial charge in [0.05, 0.1) is 11.6 Å². The van der Waals surface area contributed by atoms with Gasteiger partial charge in [0.15, 0.2) is 0 Å². The number of H-pyrrole nitrogens is 1. The number of nitrogens with zero attached hydrogens (tertiary/aromatic N) is 2. The summed E-state index contributed by atoms with van der Waals surface area (Å²) in [4.78, 5) is 21.2. The van der Waals surface area contributed by atoms with Crippen LogP contribution in [-0.2, 0) is 19.0 Å². The fourth-order valence-corrected chi connectivity index (χ4v) is 6.37. The molecule has 0 spiro atoms. The van der Waals surface area contributed by atoms with E-state index in [-0.39, 0.29) is 11.1 Å². The third-order valence-electron chi connectivity index (χ3n) is 8.76. The lowest BCUT2D eigenvalue weighted by Gasteiger charge is -2.43. The average molecular weight is 566 g/mol. The standard InChI is InChI=1S/C33H35F4N3O/c1-4-32(39(2)3,21-22-10-6-5-7-11-22)16-14-29-30-27(26-12-8-9-13-28(26)38-30)15-17-40(29)31(41)23-18-24(33(35,36)37)20-25(34)19-23/h5-13,18-20,29,38H,4,14-17,21H2,1-3H3. The van der Waals surface area contributed by atoms with Crippen molar-refractivity contribution in [2.75, 3.05) is 20.6 Å². The van der Waals surface area contributed by atoms with E-state index >= 15 is 0 Å². The molecule has 1 N–H and O–H groups in total. The number of carbonyl (C=O) groups excluding carboxylic acids is 1. The number of para-hydroxylation sites is 1. The lowest BCUT2D eigenvalue weighted by atomic mass is 9.80. The third kappa shape index (κ3) is 5.75. The SMILES string of the molecule is CCC(CCC1c2[nH]c3ccccc3c2CCN1C(=O)c1cc(F)cc(C(F)(F)F)c1)(Cc1ccccc1)N(C)C. The van der Waals surface area contributed by atoms with Crippen LogP contribution in [0.1, 0.15) is 65.0 Å². The Balaban J connectivity index is 1.54. The van der Waals surface area contributed by atoms with Crippen molar-refractivity contribution in [1.29, 1.82) is 0 Å². The van der Waals surface area contributed by atoms with Crippen molar-refractivity contribution in [1.82, 2.24) is 14.8 Å². The van der Waals surface area contributed by atoms with Gasteiger partial charge < -0.3 is 14.8 Å². The topological polar surface area (TPSA) is 39.3 Å². The normalized spacial score (nSPS) is 17.1. The number of fused-ring (bicyclic) bond motifs is 3. The first kappa shape index (κ1) is 28.9. The molecule has 2 unspecified atom stereocenters. The zero-order valence-electron chi connectivity index (χ0n) is 23.6. The molecule has 1 aliphatic rings.